The number of likely N-dealkylation sites (tertiary alicyclic amines) is 1. The van der Waals surface area contributed by atoms with Gasteiger partial charge in [-0.05, 0) is 67.4 Å². The number of sulfonamides is 1. The summed E-state index contributed by atoms with van der Waals surface area (Å²) in [5, 5.41) is 13.1. The fourth-order valence-corrected chi connectivity index (χ4v) is 8.81. The van der Waals surface area contributed by atoms with Crippen molar-refractivity contribution >= 4 is 38.5 Å². The molecule has 2 saturated heterocycles. The lowest BCUT2D eigenvalue weighted by Crippen LogP contribution is -2.57. The predicted octanol–water partition coefficient (Wildman–Crippen LogP) is 3.17. The average molecular weight is 759 g/mol. The number of rotatable bonds is 12. The van der Waals surface area contributed by atoms with E-state index in [1.807, 2.05) is 30.3 Å². The second-order valence-corrected chi connectivity index (χ2v) is 15.3. The molecule has 0 saturated carbocycles. The lowest BCUT2D eigenvalue weighted by Gasteiger charge is -2.43. The van der Waals surface area contributed by atoms with Crippen LogP contribution < -0.4 is 20.4 Å². The van der Waals surface area contributed by atoms with E-state index in [9.17, 15) is 27.9 Å². The van der Waals surface area contributed by atoms with E-state index in [2.05, 4.69) is 10.2 Å². The highest BCUT2D eigenvalue weighted by molar-refractivity contribution is 7.89. The van der Waals surface area contributed by atoms with Crippen molar-refractivity contribution in [2.45, 2.75) is 41.9 Å². The number of benzene rings is 3. The van der Waals surface area contributed by atoms with Crippen LogP contribution in [-0.2, 0) is 29.1 Å². The van der Waals surface area contributed by atoms with Crippen LogP contribution in [0.1, 0.15) is 30.7 Å². The molecule has 15 heteroatoms. The smallest absolute Gasteiger partial charge is 0.288 e. The average Bonchev–Trinajstić information content (AvgIpc) is 3.51. The quantitative estimate of drug-likeness (QED) is 0.218. The number of amides is 2. The molecule has 1 aromatic heterocycles. The Hall–Kier alpha value is -5.22. The van der Waals surface area contributed by atoms with Crippen molar-refractivity contribution in [3.63, 3.8) is 0 Å². The summed E-state index contributed by atoms with van der Waals surface area (Å²) in [6.07, 6.45) is 2.90. The first kappa shape index (κ1) is 37.1. The number of anilines is 1. The van der Waals surface area contributed by atoms with Crippen LogP contribution in [0, 0.1) is 0 Å². The molecule has 4 aromatic rings. The summed E-state index contributed by atoms with van der Waals surface area (Å²) in [6, 6.07) is 22.5. The Bertz CT molecular complexity index is 2180. The fourth-order valence-electron chi connectivity index (χ4n) is 7.39. The van der Waals surface area contributed by atoms with Crippen LogP contribution in [0.5, 0.6) is 5.75 Å². The first-order valence-electron chi connectivity index (χ1n) is 17.8. The number of nitrogens with one attached hydrogen (secondary N) is 1. The normalized spacial score (nSPS) is 19.8. The Morgan fingerprint density at radius 2 is 1.72 bits per heavy atom. The van der Waals surface area contributed by atoms with Crippen LogP contribution in [0.3, 0.4) is 0 Å². The van der Waals surface area contributed by atoms with Gasteiger partial charge in [-0.25, -0.2) is 8.42 Å². The largest absolute Gasteiger partial charge is 0.497 e. The summed E-state index contributed by atoms with van der Waals surface area (Å²) in [5.74, 6) is -0.649. The summed E-state index contributed by atoms with van der Waals surface area (Å²) in [7, 11) is -2.53. The number of carbonyl (C=O) groups excluding carboxylic acids is 2. The number of nitrogens with zero attached hydrogens (tertiary/aromatic N) is 3. The Morgan fingerprint density at radius 1 is 1.00 bits per heavy atom. The molecule has 1 spiro atoms. The third-order valence-electron chi connectivity index (χ3n) is 10.3. The van der Waals surface area contributed by atoms with Gasteiger partial charge in [-0.2, -0.15) is 4.31 Å². The van der Waals surface area contributed by atoms with E-state index in [0.717, 1.165) is 9.99 Å². The van der Waals surface area contributed by atoms with Gasteiger partial charge in [0.25, 0.3) is 5.91 Å². The van der Waals surface area contributed by atoms with Gasteiger partial charge in [-0.15, -0.1) is 0 Å². The zero-order chi connectivity index (χ0) is 37.9. The lowest BCUT2D eigenvalue weighted by atomic mass is 9.85. The predicted molar refractivity (Wildman–Crippen MR) is 198 cm³/mol. The van der Waals surface area contributed by atoms with Crippen molar-refractivity contribution in [2.24, 2.45) is 0 Å². The third-order valence-corrected chi connectivity index (χ3v) is 12.3. The maximum Gasteiger partial charge on any atom is 0.288 e. The molecule has 3 aromatic carbocycles. The molecule has 0 radical (unpaired) electrons. The van der Waals surface area contributed by atoms with E-state index >= 15 is 0 Å². The number of aliphatic hydroxyl groups excluding tert-OH is 1. The van der Waals surface area contributed by atoms with E-state index in [1.165, 1.54) is 37.6 Å². The van der Waals surface area contributed by atoms with Crippen LogP contribution in [0.2, 0.25) is 0 Å². The molecule has 2 fully saturated rings. The zero-order valence-corrected chi connectivity index (χ0v) is 30.6. The number of allylic oxidation sites excluding steroid dienone is 1. The minimum atomic E-state index is -4.01. The summed E-state index contributed by atoms with van der Waals surface area (Å²) in [4.78, 5) is 44.8. The summed E-state index contributed by atoms with van der Waals surface area (Å²) in [5.41, 5.74) is 0.610. The SMILES string of the molecule is COc1ccc(S(=O)(=O)N(CCO)CCO[C@H]2C[C@@H](c3coc4ccccc4c3=O)C=C(C(=O)N3CCC4(CC3)C(=O)NCN4c3ccccc3)O2)cc1. The van der Waals surface area contributed by atoms with Gasteiger partial charge in [0.2, 0.25) is 22.2 Å². The fraction of sp³-hybridized carbons (Fsp3) is 0.359. The molecular weight excluding hydrogens is 717 g/mol. The molecule has 3 aliphatic rings. The van der Waals surface area contributed by atoms with Gasteiger partial charge >= 0.3 is 0 Å². The van der Waals surface area contributed by atoms with Gasteiger partial charge < -0.3 is 38.9 Å². The maximum atomic E-state index is 14.1. The minimum Gasteiger partial charge on any atom is -0.497 e. The van der Waals surface area contributed by atoms with E-state index in [1.54, 1.807) is 35.2 Å². The molecule has 2 amide bonds. The van der Waals surface area contributed by atoms with Crippen molar-refractivity contribution in [1.29, 1.82) is 0 Å². The standard InChI is InChI=1S/C39H42N4O10S/c1-50-29-11-13-30(14-12-29)54(48,49)42(19-21-44)20-22-51-35-24-27(32-25-52-33-10-6-5-9-31(33)36(32)45)23-34(53-35)37(46)41-17-15-39(16-18-41)38(47)40-26-43(39)28-7-3-2-4-8-28/h2-14,23,25,27,35,44H,15-22,24,26H2,1H3,(H,40,47)/t27-,35+/m0/s1. The number of hydrogen-bond donors (Lipinski definition) is 2. The topological polar surface area (TPSA) is 168 Å². The second-order valence-electron chi connectivity index (χ2n) is 13.4. The third kappa shape index (κ3) is 7.19. The van der Waals surface area contributed by atoms with E-state index < -0.39 is 40.3 Å². The van der Waals surface area contributed by atoms with Gasteiger partial charge in [-0.1, -0.05) is 30.3 Å². The molecule has 4 heterocycles. The van der Waals surface area contributed by atoms with Crippen molar-refractivity contribution in [3.8, 4) is 5.75 Å². The van der Waals surface area contributed by atoms with Crippen molar-refractivity contribution in [3.05, 3.63) is 113 Å². The first-order chi connectivity index (χ1) is 26.1. The van der Waals surface area contributed by atoms with Crippen molar-refractivity contribution in [2.75, 3.05) is 58.1 Å². The second kappa shape index (κ2) is 15.6. The van der Waals surface area contributed by atoms with Gasteiger partial charge in [0.1, 0.15) is 16.9 Å². The molecule has 0 aliphatic carbocycles. The number of aliphatic hydroxyl groups is 1. The number of ether oxygens (including phenoxy) is 3. The number of para-hydroxylation sites is 2. The highest BCUT2D eigenvalue weighted by atomic mass is 32.2. The number of piperidine rings is 1. The van der Waals surface area contributed by atoms with Gasteiger partial charge in [0.05, 0.1) is 43.5 Å². The van der Waals surface area contributed by atoms with E-state index in [4.69, 9.17) is 18.6 Å². The Kier molecular flexibility index (Phi) is 10.7. The van der Waals surface area contributed by atoms with Crippen molar-refractivity contribution in [1.82, 2.24) is 14.5 Å². The monoisotopic (exact) mass is 758 g/mol. The Balaban J connectivity index is 1.10. The number of hydrogen-bond acceptors (Lipinski definition) is 11. The molecule has 2 atom stereocenters. The van der Waals surface area contributed by atoms with Gasteiger partial charge in [-0.3, -0.25) is 14.4 Å². The Morgan fingerprint density at radius 3 is 2.44 bits per heavy atom. The summed E-state index contributed by atoms with van der Waals surface area (Å²) >= 11 is 0. The highest BCUT2D eigenvalue weighted by Gasteiger charge is 2.51. The molecule has 2 N–H and O–H groups in total. The van der Waals surface area contributed by atoms with E-state index in [0.29, 0.717) is 41.8 Å². The Labute approximate surface area is 312 Å². The lowest BCUT2D eigenvalue weighted by molar-refractivity contribution is -0.154. The number of methoxy groups -OCH3 is 1. The molecule has 284 valence electrons. The van der Waals surface area contributed by atoms with Crippen LogP contribution in [0.25, 0.3) is 11.0 Å². The number of fused-ring (bicyclic) bond motifs is 1. The van der Waals surface area contributed by atoms with Gasteiger partial charge in [0.15, 0.2) is 11.2 Å². The molecular formula is C39H42N4O10S. The minimum absolute atomic E-state index is 0.0198. The first-order valence-corrected chi connectivity index (χ1v) is 19.2. The molecule has 3 aliphatic heterocycles. The summed E-state index contributed by atoms with van der Waals surface area (Å²) in [6.45, 7) is 0.0727. The van der Waals surface area contributed by atoms with Crippen LogP contribution in [-0.4, -0.2) is 99.5 Å². The molecule has 0 bridgehead atoms. The molecule has 7 rings (SSSR count). The molecule has 54 heavy (non-hydrogen) atoms. The molecule has 0 unspecified atom stereocenters. The zero-order valence-electron chi connectivity index (χ0n) is 29.8. The van der Waals surface area contributed by atoms with Crippen molar-refractivity contribution < 1.29 is 41.7 Å². The van der Waals surface area contributed by atoms with E-state index in [-0.39, 0.29) is 61.2 Å². The van der Waals surface area contributed by atoms with Gasteiger partial charge in [0, 0.05) is 49.8 Å². The van der Waals surface area contributed by atoms with Crippen LogP contribution in [0.4, 0.5) is 5.69 Å². The van der Waals surface area contributed by atoms with Crippen LogP contribution in [0.15, 0.2) is 111 Å². The van der Waals surface area contributed by atoms with Crippen LogP contribution >= 0.6 is 0 Å². The highest BCUT2D eigenvalue weighted by Crippen LogP contribution is 2.38. The maximum absolute atomic E-state index is 14.1. The summed E-state index contributed by atoms with van der Waals surface area (Å²) < 4.78 is 51.2. The number of carbonyl (C=O) groups is 2. The molecule has 14 nitrogen and oxygen atoms in total.